The number of likely N-dealkylation sites (N-methyl/N-ethyl adjacent to an activating group) is 1. The fourth-order valence-electron chi connectivity index (χ4n) is 4.12. The van der Waals surface area contributed by atoms with Crippen molar-refractivity contribution < 1.29 is 24.2 Å². The average molecular weight is 480 g/mol. The minimum absolute atomic E-state index is 0.0338. The Bertz CT molecular complexity index is 1160. The van der Waals surface area contributed by atoms with Crippen LogP contribution < -0.4 is 5.32 Å². The van der Waals surface area contributed by atoms with Gasteiger partial charge in [-0.25, -0.2) is 9.78 Å². The zero-order chi connectivity index (χ0) is 24.1. The van der Waals surface area contributed by atoms with Crippen LogP contribution >= 0.6 is 11.3 Å². The molecule has 4 rings (SSSR count). The van der Waals surface area contributed by atoms with Crippen LogP contribution in [0, 0.1) is 0 Å². The van der Waals surface area contributed by atoms with Gasteiger partial charge in [0.05, 0.1) is 18.5 Å². The monoisotopic (exact) mass is 479 g/mol. The fourth-order valence-corrected chi connectivity index (χ4v) is 4.82. The standard InChI is InChI=1S/C25H25N3O5S/c1-2-28(12-11-23(30)31)22(29)13-16-15-34-24(26-16)27-25(32)33-14-21-19-9-5-3-7-17(19)18-8-4-6-10-20(18)21/h3-10,15,21H,2,11-14H2,1H3,(H,30,31)(H,26,27,32). The maximum atomic E-state index is 12.4. The Labute approximate surface area is 201 Å². The molecule has 9 heteroatoms. The second-order valence-corrected chi connectivity index (χ2v) is 8.75. The smallest absolute Gasteiger partial charge is 0.413 e. The third-order valence-corrected chi connectivity index (χ3v) is 6.57. The topological polar surface area (TPSA) is 109 Å². The summed E-state index contributed by atoms with van der Waals surface area (Å²) in [6.07, 6.45) is -0.674. The Morgan fingerprint density at radius 2 is 1.74 bits per heavy atom. The van der Waals surface area contributed by atoms with Crippen molar-refractivity contribution in [2.24, 2.45) is 0 Å². The lowest BCUT2D eigenvalue weighted by Gasteiger charge is -2.19. The molecule has 0 saturated heterocycles. The van der Waals surface area contributed by atoms with Gasteiger partial charge in [0.25, 0.3) is 0 Å². The SMILES string of the molecule is CCN(CCC(=O)O)C(=O)Cc1csc(NC(=O)OCC2c3ccccc3-c3ccccc32)n1. The Morgan fingerprint density at radius 3 is 2.35 bits per heavy atom. The molecule has 0 fully saturated rings. The molecular weight excluding hydrogens is 454 g/mol. The highest BCUT2D eigenvalue weighted by atomic mass is 32.1. The number of aliphatic carboxylic acids is 1. The van der Waals surface area contributed by atoms with Crippen LogP contribution in [0.1, 0.15) is 36.1 Å². The predicted molar refractivity (Wildman–Crippen MR) is 129 cm³/mol. The average Bonchev–Trinajstić information content (AvgIpc) is 3.39. The number of anilines is 1. The number of hydrogen-bond acceptors (Lipinski definition) is 6. The van der Waals surface area contributed by atoms with Gasteiger partial charge in [-0.05, 0) is 29.2 Å². The number of amides is 2. The molecule has 1 aliphatic rings. The molecule has 0 unspecified atom stereocenters. The number of ether oxygens (including phenoxy) is 1. The van der Waals surface area contributed by atoms with E-state index in [1.165, 1.54) is 16.2 Å². The number of rotatable bonds is 9. The first-order valence-electron chi connectivity index (χ1n) is 11.0. The molecule has 0 atom stereocenters. The molecule has 0 saturated carbocycles. The van der Waals surface area contributed by atoms with Gasteiger partial charge in [0.2, 0.25) is 5.91 Å². The van der Waals surface area contributed by atoms with E-state index in [0.717, 1.165) is 22.3 Å². The summed E-state index contributed by atoms with van der Waals surface area (Å²) in [5.74, 6) is -1.19. The fraction of sp³-hybridized carbons (Fsp3) is 0.280. The number of carbonyl (C=O) groups is 3. The number of carbonyl (C=O) groups excluding carboxylic acids is 2. The zero-order valence-corrected chi connectivity index (χ0v) is 19.5. The van der Waals surface area contributed by atoms with E-state index >= 15 is 0 Å². The third-order valence-electron chi connectivity index (χ3n) is 5.77. The first-order valence-corrected chi connectivity index (χ1v) is 11.9. The van der Waals surface area contributed by atoms with E-state index in [9.17, 15) is 14.4 Å². The zero-order valence-electron chi connectivity index (χ0n) is 18.7. The van der Waals surface area contributed by atoms with Crippen LogP contribution in [0.2, 0.25) is 0 Å². The molecule has 8 nitrogen and oxygen atoms in total. The highest BCUT2D eigenvalue weighted by Crippen LogP contribution is 2.44. The third kappa shape index (κ3) is 5.26. The summed E-state index contributed by atoms with van der Waals surface area (Å²) < 4.78 is 5.53. The van der Waals surface area contributed by atoms with Gasteiger partial charge in [-0.15, -0.1) is 11.3 Å². The number of carboxylic acids is 1. The minimum Gasteiger partial charge on any atom is -0.481 e. The van der Waals surface area contributed by atoms with Crippen LogP contribution in [0.4, 0.5) is 9.93 Å². The van der Waals surface area contributed by atoms with Crippen molar-refractivity contribution in [3.8, 4) is 11.1 Å². The molecule has 0 radical (unpaired) electrons. The van der Waals surface area contributed by atoms with Crippen molar-refractivity contribution in [2.75, 3.05) is 25.0 Å². The van der Waals surface area contributed by atoms with Gasteiger partial charge in [-0.1, -0.05) is 48.5 Å². The molecule has 0 bridgehead atoms. The molecule has 34 heavy (non-hydrogen) atoms. The van der Waals surface area contributed by atoms with Crippen molar-refractivity contribution in [3.05, 3.63) is 70.7 Å². The van der Waals surface area contributed by atoms with Gasteiger partial charge in [-0.3, -0.25) is 14.9 Å². The van der Waals surface area contributed by atoms with Crippen molar-refractivity contribution in [3.63, 3.8) is 0 Å². The second-order valence-electron chi connectivity index (χ2n) is 7.89. The van der Waals surface area contributed by atoms with Crippen LogP contribution in [0.25, 0.3) is 11.1 Å². The number of hydrogen-bond donors (Lipinski definition) is 2. The van der Waals surface area contributed by atoms with E-state index in [1.807, 2.05) is 24.3 Å². The van der Waals surface area contributed by atoms with Gasteiger partial charge in [0.15, 0.2) is 5.13 Å². The van der Waals surface area contributed by atoms with Crippen LogP contribution in [0.5, 0.6) is 0 Å². The molecule has 1 aliphatic carbocycles. The van der Waals surface area contributed by atoms with Gasteiger partial charge >= 0.3 is 12.1 Å². The van der Waals surface area contributed by atoms with Crippen molar-refractivity contribution in [1.82, 2.24) is 9.88 Å². The van der Waals surface area contributed by atoms with E-state index < -0.39 is 12.1 Å². The van der Waals surface area contributed by atoms with Crippen molar-refractivity contribution in [2.45, 2.75) is 25.7 Å². The molecule has 2 amide bonds. The predicted octanol–water partition coefficient (Wildman–Crippen LogP) is 4.37. The first-order chi connectivity index (χ1) is 16.5. The number of aromatic nitrogens is 1. The molecule has 1 heterocycles. The number of nitrogens with one attached hydrogen (secondary N) is 1. The molecule has 0 aliphatic heterocycles. The van der Waals surface area contributed by atoms with Crippen LogP contribution in [0.3, 0.4) is 0 Å². The molecule has 0 spiro atoms. The van der Waals surface area contributed by atoms with E-state index in [0.29, 0.717) is 17.4 Å². The van der Waals surface area contributed by atoms with E-state index in [2.05, 4.69) is 34.6 Å². The normalized spacial score (nSPS) is 12.0. The Kier molecular flexibility index (Phi) is 7.22. The molecule has 2 N–H and O–H groups in total. The maximum Gasteiger partial charge on any atom is 0.413 e. The molecule has 2 aromatic carbocycles. The lowest BCUT2D eigenvalue weighted by molar-refractivity contribution is -0.138. The minimum atomic E-state index is -0.950. The summed E-state index contributed by atoms with van der Waals surface area (Å²) in [5, 5.41) is 13.5. The molecule has 1 aromatic heterocycles. The van der Waals surface area contributed by atoms with E-state index in [4.69, 9.17) is 9.84 Å². The van der Waals surface area contributed by atoms with Crippen LogP contribution in [0.15, 0.2) is 53.9 Å². The first kappa shape index (κ1) is 23.4. The number of fused-ring (bicyclic) bond motifs is 3. The highest BCUT2D eigenvalue weighted by molar-refractivity contribution is 7.13. The summed E-state index contributed by atoms with van der Waals surface area (Å²) in [7, 11) is 0. The number of carboxylic acid groups (broad SMARTS) is 1. The molecule has 176 valence electrons. The van der Waals surface area contributed by atoms with Crippen LogP contribution in [-0.2, 0) is 20.7 Å². The Morgan fingerprint density at radius 1 is 1.09 bits per heavy atom. The largest absolute Gasteiger partial charge is 0.481 e. The lowest BCUT2D eigenvalue weighted by Crippen LogP contribution is -2.34. The second kappa shape index (κ2) is 10.5. The van der Waals surface area contributed by atoms with E-state index in [1.54, 1.807) is 12.3 Å². The quantitative estimate of drug-likeness (QED) is 0.472. The highest BCUT2D eigenvalue weighted by Gasteiger charge is 2.29. The molecule has 3 aromatic rings. The molecular formula is C25H25N3O5S. The van der Waals surface area contributed by atoms with Crippen molar-refractivity contribution >= 4 is 34.4 Å². The van der Waals surface area contributed by atoms with Gasteiger partial charge in [0, 0.05) is 24.4 Å². The van der Waals surface area contributed by atoms with E-state index in [-0.39, 0.29) is 37.8 Å². The lowest BCUT2D eigenvalue weighted by atomic mass is 9.98. The summed E-state index contributed by atoms with van der Waals surface area (Å²) in [4.78, 5) is 41.4. The number of nitrogens with zero attached hydrogens (tertiary/aromatic N) is 2. The summed E-state index contributed by atoms with van der Waals surface area (Å²) in [6.45, 7) is 2.57. The van der Waals surface area contributed by atoms with Crippen molar-refractivity contribution in [1.29, 1.82) is 0 Å². The van der Waals surface area contributed by atoms with Gasteiger partial charge < -0.3 is 14.7 Å². The maximum absolute atomic E-state index is 12.4. The Balaban J connectivity index is 1.33. The Hall–Kier alpha value is -3.72. The summed E-state index contributed by atoms with van der Waals surface area (Å²) >= 11 is 1.20. The summed E-state index contributed by atoms with van der Waals surface area (Å²) in [5.41, 5.74) is 5.10. The summed E-state index contributed by atoms with van der Waals surface area (Å²) in [6, 6.07) is 16.2. The van der Waals surface area contributed by atoms with Gasteiger partial charge in [0.1, 0.15) is 6.61 Å². The number of benzene rings is 2. The van der Waals surface area contributed by atoms with Gasteiger partial charge in [-0.2, -0.15) is 0 Å². The number of thiazole rings is 1. The van der Waals surface area contributed by atoms with Crippen LogP contribution in [-0.4, -0.2) is 52.7 Å².